The molecule has 1 unspecified atom stereocenters. The molecule has 0 radical (unpaired) electrons. The van der Waals surface area contributed by atoms with Crippen LogP contribution in [0.15, 0.2) is 22.7 Å². The van der Waals surface area contributed by atoms with E-state index in [2.05, 4.69) is 26.6 Å². The van der Waals surface area contributed by atoms with Crippen molar-refractivity contribution in [3.05, 3.63) is 32.8 Å². The minimum atomic E-state index is -0.414. The highest BCUT2D eigenvalue weighted by molar-refractivity contribution is 9.10. The fourth-order valence-electron chi connectivity index (χ4n) is 1.74. The van der Waals surface area contributed by atoms with Crippen molar-refractivity contribution >= 4 is 27.3 Å². The number of ether oxygens (including phenoxy) is 1. The summed E-state index contributed by atoms with van der Waals surface area (Å²) in [4.78, 5) is 10.2. The fourth-order valence-corrected chi connectivity index (χ4v) is 2.24. The lowest BCUT2D eigenvalue weighted by atomic mass is 10.2. The van der Waals surface area contributed by atoms with Gasteiger partial charge in [0.05, 0.1) is 17.6 Å². The van der Waals surface area contributed by atoms with Crippen LogP contribution in [0, 0.1) is 10.1 Å². The molecule has 0 bridgehead atoms. The molecule has 7 heteroatoms. The van der Waals surface area contributed by atoms with Gasteiger partial charge in [0, 0.05) is 41.9 Å². The Balaban J connectivity index is 1.94. The Bertz CT molecular complexity index is 436. The molecule has 0 amide bonds. The molecule has 0 saturated carbocycles. The number of nitro groups is 1. The lowest BCUT2D eigenvalue weighted by molar-refractivity contribution is -0.384. The van der Waals surface area contributed by atoms with Crippen LogP contribution in [-0.2, 0) is 4.74 Å². The van der Waals surface area contributed by atoms with Gasteiger partial charge in [0.25, 0.3) is 5.69 Å². The molecule has 0 aliphatic carbocycles. The predicted molar refractivity (Wildman–Crippen MR) is 71.9 cm³/mol. The van der Waals surface area contributed by atoms with E-state index in [1.807, 2.05) is 0 Å². The first kappa shape index (κ1) is 13.3. The van der Waals surface area contributed by atoms with Crippen LogP contribution in [0.3, 0.4) is 0 Å². The third kappa shape index (κ3) is 3.41. The molecule has 1 heterocycles. The van der Waals surface area contributed by atoms with Crippen LogP contribution < -0.4 is 10.6 Å². The van der Waals surface area contributed by atoms with Crippen LogP contribution >= 0.6 is 15.9 Å². The Kier molecular flexibility index (Phi) is 4.51. The number of hydrogen-bond donors (Lipinski definition) is 2. The van der Waals surface area contributed by atoms with Crippen molar-refractivity contribution < 1.29 is 9.66 Å². The van der Waals surface area contributed by atoms with E-state index in [9.17, 15) is 10.1 Å². The van der Waals surface area contributed by atoms with Gasteiger partial charge in [-0.15, -0.1) is 0 Å². The zero-order valence-electron chi connectivity index (χ0n) is 9.69. The molecule has 1 atom stereocenters. The number of hydrogen-bond acceptors (Lipinski definition) is 5. The van der Waals surface area contributed by atoms with E-state index in [4.69, 9.17) is 4.74 Å². The molecule has 2 rings (SSSR count). The van der Waals surface area contributed by atoms with Gasteiger partial charge >= 0.3 is 0 Å². The minimum Gasteiger partial charge on any atom is -0.381 e. The monoisotopic (exact) mass is 315 g/mol. The molecule has 18 heavy (non-hydrogen) atoms. The Labute approximate surface area is 113 Å². The summed E-state index contributed by atoms with van der Waals surface area (Å²) in [6, 6.07) is 4.66. The lowest BCUT2D eigenvalue weighted by Crippen LogP contribution is -2.42. The molecule has 6 nitrogen and oxygen atoms in total. The summed E-state index contributed by atoms with van der Waals surface area (Å²) < 4.78 is 6.23. The van der Waals surface area contributed by atoms with Crippen LogP contribution in [0.2, 0.25) is 0 Å². The number of nitrogens with one attached hydrogen (secondary N) is 2. The standard InChI is InChI=1S/C11H14BrN3O3/c12-10-5-8(15(16)17)1-2-11(10)14-7-9-6-13-3-4-18-9/h1-2,5,9,13-14H,3-4,6-7H2. The normalized spacial score (nSPS) is 19.5. The molecular weight excluding hydrogens is 302 g/mol. The zero-order chi connectivity index (χ0) is 13.0. The summed E-state index contributed by atoms with van der Waals surface area (Å²) in [5, 5.41) is 17.1. The largest absolute Gasteiger partial charge is 0.381 e. The molecule has 98 valence electrons. The third-order valence-electron chi connectivity index (χ3n) is 2.69. The van der Waals surface area contributed by atoms with E-state index in [0.717, 1.165) is 18.8 Å². The predicted octanol–water partition coefficient (Wildman–Crippen LogP) is 1.76. The Morgan fingerprint density at radius 3 is 3.06 bits per heavy atom. The number of morpholine rings is 1. The van der Waals surface area contributed by atoms with Gasteiger partial charge in [0.2, 0.25) is 0 Å². The van der Waals surface area contributed by atoms with Crippen molar-refractivity contribution in [3.8, 4) is 0 Å². The summed E-state index contributed by atoms with van der Waals surface area (Å²) in [6.07, 6.45) is 0.126. The smallest absolute Gasteiger partial charge is 0.270 e. The minimum absolute atomic E-state index is 0.0722. The van der Waals surface area contributed by atoms with Gasteiger partial charge in [-0.05, 0) is 22.0 Å². The number of halogens is 1. The molecule has 1 aliphatic heterocycles. The number of nitrogens with zero attached hydrogens (tertiary/aromatic N) is 1. The maximum Gasteiger partial charge on any atom is 0.270 e. The van der Waals surface area contributed by atoms with Gasteiger partial charge in [-0.25, -0.2) is 0 Å². The maximum atomic E-state index is 10.6. The van der Waals surface area contributed by atoms with Crippen molar-refractivity contribution in [3.63, 3.8) is 0 Å². The van der Waals surface area contributed by atoms with E-state index in [1.54, 1.807) is 6.07 Å². The third-order valence-corrected chi connectivity index (χ3v) is 3.34. The van der Waals surface area contributed by atoms with E-state index in [-0.39, 0.29) is 11.8 Å². The van der Waals surface area contributed by atoms with E-state index < -0.39 is 4.92 Å². The molecule has 1 aromatic rings. The summed E-state index contributed by atoms with van der Waals surface area (Å²) in [5.41, 5.74) is 0.901. The molecule has 1 aliphatic rings. The number of nitro benzene ring substituents is 1. The molecule has 1 aromatic carbocycles. The molecule has 1 saturated heterocycles. The van der Waals surface area contributed by atoms with Crippen LogP contribution in [-0.4, -0.2) is 37.3 Å². The Morgan fingerprint density at radius 1 is 1.61 bits per heavy atom. The van der Waals surface area contributed by atoms with E-state index in [1.165, 1.54) is 12.1 Å². The average molecular weight is 316 g/mol. The van der Waals surface area contributed by atoms with Crippen LogP contribution in [0.1, 0.15) is 0 Å². The summed E-state index contributed by atoms with van der Waals surface area (Å²) in [5.74, 6) is 0. The number of benzene rings is 1. The van der Waals surface area contributed by atoms with E-state index >= 15 is 0 Å². The molecule has 2 N–H and O–H groups in total. The van der Waals surface area contributed by atoms with Crippen molar-refractivity contribution in [2.45, 2.75) is 6.10 Å². The molecular formula is C11H14BrN3O3. The van der Waals surface area contributed by atoms with Crippen LogP contribution in [0.5, 0.6) is 0 Å². The van der Waals surface area contributed by atoms with Gasteiger partial charge in [0.15, 0.2) is 0 Å². The second kappa shape index (κ2) is 6.12. The zero-order valence-corrected chi connectivity index (χ0v) is 11.3. The average Bonchev–Trinajstić information content (AvgIpc) is 2.38. The highest BCUT2D eigenvalue weighted by Gasteiger charge is 2.14. The number of anilines is 1. The Hall–Kier alpha value is -1.18. The second-order valence-corrected chi connectivity index (χ2v) is 4.85. The van der Waals surface area contributed by atoms with Crippen molar-refractivity contribution in [1.29, 1.82) is 0 Å². The van der Waals surface area contributed by atoms with Crippen molar-refractivity contribution in [1.82, 2.24) is 5.32 Å². The van der Waals surface area contributed by atoms with Gasteiger partial charge in [-0.2, -0.15) is 0 Å². The van der Waals surface area contributed by atoms with Gasteiger partial charge < -0.3 is 15.4 Å². The van der Waals surface area contributed by atoms with Crippen LogP contribution in [0.4, 0.5) is 11.4 Å². The number of rotatable bonds is 4. The highest BCUT2D eigenvalue weighted by atomic mass is 79.9. The summed E-state index contributed by atoms with van der Waals surface area (Å²) >= 11 is 3.32. The van der Waals surface area contributed by atoms with Gasteiger partial charge in [-0.3, -0.25) is 10.1 Å². The topological polar surface area (TPSA) is 76.4 Å². The number of non-ortho nitro benzene ring substituents is 1. The maximum absolute atomic E-state index is 10.6. The molecule has 1 fully saturated rings. The lowest BCUT2D eigenvalue weighted by Gasteiger charge is -2.24. The highest BCUT2D eigenvalue weighted by Crippen LogP contribution is 2.27. The van der Waals surface area contributed by atoms with E-state index in [0.29, 0.717) is 17.6 Å². The molecule has 0 aromatic heterocycles. The molecule has 0 spiro atoms. The first-order chi connectivity index (χ1) is 8.66. The first-order valence-electron chi connectivity index (χ1n) is 5.67. The van der Waals surface area contributed by atoms with Crippen molar-refractivity contribution in [2.24, 2.45) is 0 Å². The van der Waals surface area contributed by atoms with Gasteiger partial charge in [-0.1, -0.05) is 0 Å². The fraction of sp³-hybridized carbons (Fsp3) is 0.455. The van der Waals surface area contributed by atoms with Crippen LogP contribution in [0.25, 0.3) is 0 Å². The SMILES string of the molecule is O=[N+]([O-])c1ccc(NCC2CNCCO2)c(Br)c1. The summed E-state index contributed by atoms with van der Waals surface area (Å²) in [7, 11) is 0. The quantitative estimate of drug-likeness (QED) is 0.654. The second-order valence-electron chi connectivity index (χ2n) is 4.00. The van der Waals surface area contributed by atoms with Gasteiger partial charge in [0.1, 0.15) is 0 Å². The summed E-state index contributed by atoms with van der Waals surface area (Å²) in [6.45, 7) is 3.09. The first-order valence-corrected chi connectivity index (χ1v) is 6.46. The van der Waals surface area contributed by atoms with Crippen molar-refractivity contribution in [2.75, 3.05) is 31.6 Å². The Morgan fingerprint density at radius 2 is 2.44 bits per heavy atom.